The monoisotopic (exact) mass is 470 g/mol. The van der Waals surface area contributed by atoms with Crippen molar-refractivity contribution in [3.8, 4) is 0 Å². The van der Waals surface area contributed by atoms with E-state index in [-0.39, 0.29) is 22.6 Å². The Morgan fingerprint density at radius 1 is 1.15 bits per heavy atom. The Morgan fingerprint density at radius 3 is 2.58 bits per heavy atom. The number of nitrogens with one attached hydrogen (secondary N) is 2. The Morgan fingerprint density at radius 2 is 1.88 bits per heavy atom. The molecule has 0 radical (unpaired) electrons. The van der Waals surface area contributed by atoms with E-state index in [0.717, 1.165) is 18.4 Å². The second-order valence-electron chi connectivity index (χ2n) is 8.19. The maximum absolute atomic E-state index is 13.0. The minimum atomic E-state index is -3.91. The summed E-state index contributed by atoms with van der Waals surface area (Å²) in [5.41, 5.74) is 1.98. The number of hydrogen-bond donors (Lipinski definition) is 2. The van der Waals surface area contributed by atoms with Crippen molar-refractivity contribution in [1.82, 2.24) is 14.6 Å². The van der Waals surface area contributed by atoms with Crippen LogP contribution in [0.25, 0.3) is 11.1 Å². The third kappa shape index (κ3) is 5.23. The number of likely N-dealkylation sites (tertiary alicyclic amines) is 1. The molecule has 10 heteroatoms. The lowest BCUT2D eigenvalue weighted by atomic mass is 9.97. The summed E-state index contributed by atoms with van der Waals surface area (Å²) in [4.78, 5) is 30.4. The second-order valence-corrected chi connectivity index (χ2v) is 9.91. The number of nitrogens with zero attached hydrogens (tertiary/aromatic N) is 2. The van der Waals surface area contributed by atoms with Crippen molar-refractivity contribution in [2.45, 2.75) is 43.5 Å². The standard InChI is InChI=1S/C23H26N4O5S/c1-15(26-33(30,31)19-11-9-18(10-12-19)24-16(2)28)23(29)27-13-5-6-17(14-27)22-25-20-7-3-4-8-21(20)32-22/h3-4,7-12,15,17,26H,5-6,13-14H2,1-2H3,(H,24,28)/t15-,17?/m0/s1. The van der Waals surface area contributed by atoms with Gasteiger partial charge in [0.25, 0.3) is 0 Å². The highest BCUT2D eigenvalue weighted by Crippen LogP contribution is 2.29. The predicted molar refractivity (Wildman–Crippen MR) is 123 cm³/mol. The first kappa shape index (κ1) is 22.9. The minimum Gasteiger partial charge on any atom is -0.440 e. The number of carbonyl (C=O) groups is 2. The van der Waals surface area contributed by atoms with Crippen LogP contribution in [-0.4, -0.2) is 49.2 Å². The fraction of sp³-hybridized carbons (Fsp3) is 0.348. The van der Waals surface area contributed by atoms with E-state index in [4.69, 9.17) is 4.42 Å². The largest absolute Gasteiger partial charge is 0.440 e. The van der Waals surface area contributed by atoms with Gasteiger partial charge in [0.2, 0.25) is 21.8 Å². The molecule has 2 N–H and O–H groups in total. The van der Waals surface area contributed by atoms with Gasteiger partial charge in [0.1, 0.15) is 5.52 Å². The molecule has 0 saturated carbocycles. The number of fused-ring (bicyclic) bond motifs is 1. The average molecular weight is 471 g/mol. The van der Waals surface area contributed by atoms with Gasteiger partial charge in [-0.05, 0) is 56.2 Å². The molecule has 33 heavy (non-hydrogen) atoms. The molecule has 9 nitrogen and oxygen atoms in total. The molecule has 0 bridgehead atoms. The lowest BCUT2D eigenvalue weighted by Crippen LogP contribution is -2.49. The van der Waals surface area contributed by atoms with Crippen molar-refractivity contribution in [1.29, 1.82) is 0 Å². The van der Waals surface area contributed by atoms with Crippen LogP contribution in [-0.2, 0) is 19.6 Å². The first-order valence-electron chi connectivity index (χ1n) is 10.8. The highest BCUT2D eigenvalue weighted by molar-refractivity contribution is 7.89. The van der Waals surface area contributed by atoms with Gasteiger partial charge in [-0.3, -0.25) is 9.59 Å². The number of anilines is 1. The summed E-state index contributed by atoms with van der Waals surface area (Å²) >= 11 is 0. The van der Waals surface area contributed by atoms with Crippen molar-refractivity contribution in [2.75, 3.05) is 18.4 Å². The highest BCUT2D eigenvalue weighted by atomic mass is 32.2. The highest BCUT2D eigenvalue weighted by Gasteiger charge is 2.32. The number of piperidine rings is 1. The van der Waals surface area contributed by atoms with Gasteiger partial charge < -0.3 is 14.6 Å². The van der Waals surface area contributed by atoms with Crippen LogP contribution in [0.5, 0.6) is 0 Å². The van der Waals surface area contributed by atoms with E-state index in [9.17, 15) is 18.0 Å². The Hall–Kier alpha value is -3.24. The SMILES string of the molecule is CC(=O)Nc1ccc(S(=O)(=O)N[C@@H](C)C(=O)N2CCCC(c3nc4ccccc4o3)C2)cc1. The number of amides is 2. The van der Waals surface area contributed by atoms with Gasteiger partial charge in [0, 0.05) is 25.7 Å². The molecule has 1 saturated heterocycles. The number of para-hydroxylation sites is 2. The summed E-state index contributed by atoms with van der Waals surface area (Å²) < 4.78 is 33.9. The van der Waals surface area contributed by atoms with E-state index in [1.54, 1.807) is 4.90 Å². The maximum Gasteiger partial charge on any atom is 0.241 e. The zero-order valence-corrected chi connectivity index (χ0v) is 19.3. The van der Waals surface area contributed by atoms with Gasteiger partial charge in [-0.2, -0.15) is 4.72 Å². The van der Waals surface area contributed by atoms with Crippen LogP contribution >= 0.6 is 0 Å². The summed E-state index contributed by atoms with van der Waals surface area (Å²) in [6.07, 6.45) is 1.62. The third-order valence-electron chi connectivity index (χ3n) is 5.58. The molecule has 2 amide bonds. The van der Waals surface area contributed by atoms with Gasteiger partial charge in [0.15, 0.2) is 11.5 Å². The predicted octanol–water partition coefficient (Wildman–Crippen LogP) is 2.86. The molecule has 1 unspecified atom stereocenters. The van der Waals surface area contributed by atoms with E-state index in [1.807, 2.05) is 24.3 Å². The Bertz CT molecular complexity index is 1240. The first-order valence-corrected chi connectivity index (χ1v) is 12.3. The number of benzene rings is 2. The zero-order chi connectivity index (χ0) is 23.6. The topological polar surface area (TPSA) is 122 Å². The van der Waals surface area contributed by atoms with Crippen LogP contribution in [0, 0.1) is 0 Å². The Balaban J connectivity index is 1.42. The van der Waals surface area contributed by atoms with Crippen LogP contribution in [0.4, 0.5) is 5.69 Å². The number of rotatable bonds is 6. The fourth-order valence-electron chi connectivity index (χ4n) is 3.99. The molecule has 1 aromatic heterocycles. The van der Waals surface area contributed by atoms with Gasteiger partial charge >= 0.3 is 0 Å². The molecule has 1 fully saturated rings. The zero-order valence-electron chi connectivity index (χ0n) is 18.4. The van der Waals surface area contributed by atoms with Crippen molar-refractivity contribution < 1.29 is 22.4 Å². The molecular weight excluding hydrogens is 444 g/mol. The van der Waals surface area contributed by atoms with Crippen molar-refractivity contribution in [3.63, 3.8) is 0 Å². The molecular formula is C23H26N4O5S. The van der Waals surface area contributed by atoms with Gasteiger partial charge in [-0.25, -0.2) is 13.4 Å². The van der Waals surface area contributed by atoms with Gasteiger partial charge in [-0.15, -0.1) is 0 Å². The summed E-state index contributed by atoms with van der Waals surface area (Å²) in [6, 6.07) is 12.3. The van der Waals surface area contributed by atoms with Gasteiger partial charge in [0.05, 0.1) is 16.9 Å². The van der Waals surface area contributed by atoms with Crippen LogP contribution in [0.3, 0.4) is 0 Å². The molecule has 0 aliphatic carbocycles. The second kappa shape index (κ2) is 9.32. The first-order chi connectivity index (χ1) is 15.7. The van der Waals surface area contributed by atoms with Crippen molar-refractivity contribution in [2.24, 2.45) is 0 Å². The number of hydrogen-bond acceptors (Lipinski definition) is 6. The van der Waals surface area contributed by atoms with Crippen LogP contribution in [0.1, 0.15) is 38.5 Å². The molecule has 3 aromatic rings. The number of oxazole rings is 1. The molecule has 4 rings (SSSR count). The number of carbonyl (C=O) groups excluding carboxylic acids is 2. The maximum atomic E-state index is 13.0. The third-order valence-corrected chi connectivity index (χ3v) is 7.14. The fourth-order valence-corrected chi connectivity index (χ4v) is 5.19. The molecule has 2 atom stereocenters. The van der Waals surface area contributed by atoms with Crippen molar-refractivity contribution >= 4 is 38.6 Å². The normalized spacial score (nSPS) is 17.6. The van der Waals surface area contributed by atoms with Crippen LogP contribution in [0.15, 0.2) is 57.8 Å². The summed E-state index contributed by atoms with van der Waals surface area (Å²) in [6.45, 7) is 3.87. The van der Waals surface area contributed by atoms with Crippen LogP contribution in [0.2, 0.25) is 0 Å². The smallest absolute Gasteiger partial charge is 0.241 e. The lowest BCUT2D eigenvalue weighted by Gasteiger charge is -2.33. The van der Waals surface area contributed by atoms with E-state index < -0.39 is 16.1 Å². The summed E-state index contributed by atoms with van der Waals surface area (Å²) in [5.74, 6) is 0.0105. The number of aromatic nitrogens is 1. The molecule has 1 aliphatic rings. The Kier molecular flexibility index (Phi) is 6.48. The quantitative estimate of drug-likeness (QED) is 0.571. The molecule has 1 aliphatic heterocycles. The summed E-state index contributed by atoms with van der Waals surface area (Å²) in [5, 5.41) is 2.58. The van der Waals surface area contributed by atoms with E-state index >= 15 is 0 Å². The summed E-state index contributed by atoms with van der Waals surface area (Å²) in [7, 11) is -3.91. The molecule has 0 spiro atoms. The molecule has 2 aromatic carbocycles. The minimum absolute atomic E-state index is 0.0132. The van der Waals surface area contributed by atoms with Crippen LogP contribution < -0.4 is 10.0 Å². The van der Waals surface area contributed by atoms with Crippen molar-refractivity contribution in [3.05, 3.63) is 54.4 Å². The lowest BCUT2D eigenvalue weighted by molar-refractivity contribution is -0.133. The molecule has 174 valence electrons. The van der Waals surface area contributed by atoms with E-state index in [2.05, 4.69) is 15.0 Å². The van der Waals surface area contributed by atoms with E-state index in [0.29, 0.717) is 30.3 Å². The Labute approximate surface area is 192 Å². The average Bonchev–Trinajstić information content (AvgIpc) is 3.23. The van der Waals surface area contributed by atoms with Gasteiger partial charge in [-0.1, -0.05) is 12.1 Å². The molecule has 2 heterocycles. The van der Waals surface area contributed by atoms with E-state index in [1.165, 1.54) is 38.1 Å². The number of sulfonamides is 1.